The van der Waals surface area contributed by atoms with Crippen molar-refractivity contribution in [3.63, 3.8) is 0 Å². The monoisotopic (exact) mass is 629 g/mol. The number of sulfonamides is 1. The van der Waals surface area contributed by atoms with E-state index in [0.29, 0.717) is 57.4 Å². The molecule has 11 heteroatoms. The minimum absolute atomic E-state index is 0.252. The van der Waals surface area contributed by atoms with Gasteiger partial charge in [-0.25, -0.2) is 13.2 Å². The number of nitrogens with zero attached hydrogens (tertiary/aromatic N) is 2. The van der Waals surface area contributed by atoms with Crippen LogP contribution >= 0.6 is 0 Å². The number of carbonyl (C=O) groups is 1. The first kappa shape index (κ1) is 32.7. The number of hydrogen-bond donors (Lipinski definition) is 1. The lowest BCUT2D eigenvalue weighted by Gasteiger charge is -2.32. The van der Waals surface area contributed by atoms with E-state index in [9.17, 15) is 13.2 Å². The summed E-state index contributed by atoms with van der Waals surface area (Å²) in [6.07, 6.45) is 6.23. The van der Waals surface area contributed by atoms with Crippen LogP contribution in [0.2, 0.25) is 0 Å². The van der Waals surface area contributed by atoms with Crippen molar-refractivity contribution in [1.82, 2.24) is 14.5 Å². The summed E-state index contributed by atoms with van der Waals surface area (Å²) in [4.78, 5) is 14.6. The standard InChI is InChI=1S/C33H47N3O7S/c1-33(2)41-25-28-23-27(13-14-30(28)43-33)31-24-35(32(37)42-31)17-6-3-4-7-20-40-21-8-5-10-26-11-9-12-29(22-26)44(38,39)36-18-15-34-16-19-36/h9,11-14,22-23,31,34H,3-8,10,15-21,24-25H2,1-2H3. The molecule has 1 N–H and O–H groups in total. The lowest BCUT2D eigenvalue weighted by Crippen LogP contribution is -2.46. The average molecular weight is 630 g/mol. The SMILES string of the molecule is CC1(C)OCc2cc(C3CN(CCCCCCOCCCCc4cccc(S(=O)(=O)N5CCNCC5)c4)C(=O)O3)ccc2O1. The van der Waals surface area contributed by atoms with Crippen molar-refractivity contribution in [2.24, 2.45) is 0 Å². The summed E-state index contributed by atoms with van der Waals surface area (Å²) in [6.45, 7) is 9.37. The highest BCUT2D eigenvalue weighted by Gasteiger charge is 2.34. The number of piperazine rings is 1. The molecule has 44 heavy (non-hydrogen) atoms. The number of rotatable bonds is 15. The summed E-state index contributed by atoms with van der Waals surface area (Å²) >= 11 is 0. The number of hydrogen-bond acceptors (Lipinski definition) is 8. The van der Waals surface area contributed by atoms with Crippen LogP contribution in [0.4, 0.5) is 4.79 Å². The Hall–Kier alpha value is -2.70. The Morgan fingerprint density at radius 1 is 0.977 bits per heavy atom. The predicted octanol–water partition coefficient (Wildman–Crippen LogP) is 5.02. The summed E-state index contributed by atoms with van der Waals surface area (Å²) in [5.41, 5.74) is 2.99. The Labute approximate surface area is 262 Å². The van der Waals surface area contributed by atoms with Gasteiger partial charge in [-0.2, -0.15) is 4.31 Å². The average Bonchev–Trinajstić information content (AvgIpc) is 3.39. The zero-order chi connectivity index (χ0) is 31.0. The van der Waals surface area contributed by atoms with Gasteiger partial charge >= 0.3 is 6.09 Å². The van der Waals surface area contributed by atoms with Crippen molar-refractivity contribution >= 4 is 16.1 Å². The Balaban J connectivity index is 0.908. The molecule has 3 aliphatic rings. The lowest BCUT2D eigenvalue weighted by atomic mass is 10.0. The summed E-state index contributed by atoms with van der Waals surface area (Å²) in [5, 5.41) is 3.20. The van der Waals surface area contributed by atoms with Crippen molar-refractivity contribution in [3.05, 3.63) is 59.2 Å². The highest BCUT2D eigenvalue weighted by molar-refractivity contribution is 7.89. The summed E-state index contributed by atoms with van der Waals surface area (Å²) in [5.74, 6) is 0.184. The number of carbonyl (C=O) groups excluding carboxylic acids is 1. The van der Waals surface area contributed by atoms with Gasteiger partial charge in [-0.05, 0) is 67.5 Å². The molecule has 3 aliphatic heterocycles. The molecular formula is C33H47N3O7S. The Bertz CT molecular complexity index is 1360. The first-order valence-corrected chi connectivity index (χ1v) is 17.4. The van der Waals surface area contributed by atoms with E-state index < -0.39 is 15.8 Å². The van der Waals surface area contributed by atoms with E-state index in [0.717, 1.165) is 74.0 Å². The third-order valence-corrected chi connectivity index (χ3v) is 10.3. The van der Waals surface area contributed by atoms with Crippen LogP contribution in [0.15, 0.2) is 47.4 Å². The van der Waals surface area contributed by atoms with Gasteiger partial charge in [0, 0.05) is 65.3 Å². The minimum Gasteiger partial charge on any atom is -0.463 e. The predicted molar refractivity (Wildman–Crippen MR) is 167 cm³/mol. The third kappa shape index (κ3) is 8.72. The normalized spacial score (nSPS) is 20.3. The van der Waals surface area contributed by atoms with Crippen LogP contribution in [-0.2, 0) is 37.3 Å². The number of unbranched alkanes of at least 4 members (excludes halogenated alkanes) is 4. The van der Waals surface area contributed by atoms with E-state index in [-0.39, 0.29) is 12.2 Å². The Morgan fingerprint density at radius 2 is 1.75 bits per heavy atom. The fraction of sp³-hybridized carbons (Fsp3) is 0.606. The van der Waals surface area contributed by atoms with Crippen LogP contribution in [0.1, 0.15) is 75.2 Å². The van der Waals surface area contributed by atoms with Gasteiger partial charge in [0.1, 0.15) is 11.9 Å². The second kappa shape index (κ2) is 15.1. The van der Waals surface area contributed by atoms with Crippen molar-refractivity contribution in [1.29, 1.82) is 0 Å². The van der Waals surface area contributed by atoms with E-state index in [4.69, 9.17) is 18.9 Å². The van der Waals surface area contributed by atoms with Gasteiger partial charge in [0.05, 0.1) is 18.0 Å². The van der Waals surface area contributed by atoms with Crippen LogP contribution in [0.5, 0.6) is 5.75 Å². The van der Waals surface area contributed by atoms with E-state index in [2.05, 4.69) is 5.32 Å². The first-order valence-electron chi connectivity index (χ1n) is 16.0. The maximum absolute atomic E-state index is 12.9. The smallest absolute Gasteiger partial charge is 0.410 e. The van der Waals surface area contributed by atoms with Crippen LogP contribution in [0.25, 0.3) is 0 Å². The first-order chi connectivity index (χ1) is 21.2. The maximum atomic E-state index is 12.9. The molecule has 2 fully saturated rings. The fourth-order valence-corrected chi connectivity index (χ4v) is 7.33. The van der Waals surface area contributed by atoms with E-state index in [1.807, 2.05) is 50.2 Å². The van der Waals surface area contributed by atoms with Gasteiger partial charge in [0.15, 0.2) is 0 Å². The molecule has 2 aromatic rings. The van der Waals surface area contributed by atoms with E-state index in [1.54, 1.807) is 15.3 Å². The third-order valence-electron chi connectivity index (χ3n) is 8.36. The van der Waals surface area contributed by atoms with Crippen LogP contribution in [0, 0.1) is 0 Å². The van der Waals surface area contributed by atoms with Gasteiger partial charge in [0.25, 0.3) is 0 Å². The lowest BCUT2D eigenvalue weighted by molar-refractivity contribution is -0.180. The quantitative estimate of drug-likeness (QED) is 0.274. The molecular weight excluding hydrogens is 582 g/mol. The largest absolute Gasteiger partial charge is 0.463 e. The molecule has 0 aromatic heterocycles. The molecule has 0 bridgehead atoms. The molecule has 1 amide bonds. The summed E-state index contributed by atoms with van der Waals surface area (Å²) in [6, 6.07) is 13.3. The van der Waals surface area contributed by atoms with Gasteiger partial charge in [-0.15, -0.1) is 0 Å². The van der Waals surface area contributed by atoms with Crippen LogP contribution in [-0.4, -0.2) is 82.0 Å². The molecule has 0 radical (unpaired) electrons. The van der Waals surface area contributed by atoms with Gasteiger partial charge < -0.3 is 29.2 Å². The summed E-state index contributed by atoms with van der Waals surface area (Å²) in [7, 11) is -3.43. The molecule has 1 unspecified atom stereocenters. The Morgan fingerprint density at radius 3 is 2.57 bits per heavy atom. The molecule has 5 rings (SSSR count). The van der Waals surface area contributed by atoms with Gasteiger partial charge in [-0.1, -0.05) is 31.0 Å². The molecule has 2 aromatic carbocycles. The molecule has 3 heterocycles. The van der Waals surface area contributed by atoms with Crippen molar-refractivity contribution in [2.45, 2.75) is 82.2 Å². The van der Waals surface area contributed by atoms with Crippen molar-refractivity contribution < 1.29 is 32.2 Å². The number of cyclic esters (lactones) is 1. The number of amides is 1. The maximum Gasteiger partial charge on any atom is 0.410 e. The second-order valence-electron chi connectivity index (χ2n) is 12.3. The van der Waals surface area contributed by atoms with E-state index in [1.165, 1.54) is 0 Å². The number of nitrogens with one attached hydrogen (secondary N) is 1. The molecule has 242 valence electrons. The topological polar surface area (TPSA) is 107 Å². The van der Waals surface area contributed by atoms with Gasteiger partial charge in [0.2, 0.25) is 15.8 Å². The molecule has 1 atom stereocenters. The molecule has 0 spiro atoms. The van der Waals surface area contributed by atoms with Crippen molar-refractivity contribution in [2.75, 3.05) is 52.5 Å². The van der Waals surface area contributed by atoms with E-state index >= 15 is 0 Å². The Kier molecular flexibility index (Phi) is 11.2. The van der Waals surface area contributed by atoms with Gasteiger partial charge in [-0.3, -0.25) is 0 Å². The van der Waals surface area contributed by atoms with Crippen molar-refractivity contribution in [3.8, 4) is 5.75 Å². The molecule has 2 saturated heterocycles. The zero-order valence-electron chi connectivity index (χ0n) is 26.1. The molecule has 0 saturated carbocycles. The number of fused-ring (bicyclic) bond motifs is 1. The summed E-state index contributed by atoms with van der Waals surface area (Å²) < 4.78 is 50.5. The fourth-order valence-electron chi connectivity index (χ4n) is 5.81. The van der Waals surface area contributed by atoms with Crippen LogP contribution < -0.4 is 10.1 Å². The highest BCUT2D eigenvalue weighted by atomic mass is 32.2. The molecule has 10 nitrogen and oxygen atoms in total. The number of aryl methyl sites for hydroxylation is 1. The minimum atomic E-state index is -3.43. The number of ether oxygens (including phenoxy) is 4. The zero-order valence-corrected chi connectivity index (χ0v) is 26.9. The second-order valence-corrected chi connectivity index (χ2v) is 14.2. The highest BCUT2D eigenvalue weighted by Crippen LogP contribution is 2.35. The van der Waals surface area contributed by atoms with Crippen LogP contribution in [0.3, 0.4) is 0 Å². The number of benzene rings is 2. The molecule has 0 aliphatic carbocycles.